The lowest BCUT2D eigenvalue weighted by molar-refractivity contribution is -0.144. The summed E-state index contributed by atoms with van der Waals surface area (Å²) in [6.07, 6.45) is 3.37. The number of carbonyl (C=O) groups excluding carboxylic acids is 1. The SMILES string of the molecule is O=C(CCNc1ncccn1)OCc1cc(=O)oc2cc(Br)ccc12. The number of esters is 1. The molecule has 1 aromatic carbocycles. The lowest BCUT2D eigenvalue weighted by Crippen LogP contribution is -2.13. The van der Waals surface area contributed by atoms with Gasteiger partial charge in [0.05, 0.1) is 6.42 Å². The van der Waals surface area contributed by atoms with Crippen molar-refractivity contribution in [1.82, 2.24) is 9.97 Å². The molecule has 1 N–H and O–H groups in total. The molecule has 8 heteroatoms. The van der Waals surface area contributed by atoms with Gasteiger partial charge in [-0.2, -0.15) is 0 Å². The van der Waals surface area contributed by atoms with E-state index < -0.39 is 5.63 Å². The molecule has 0 spiro atoms. The van der Waals surface area contributed by atoms with E-state index in [-0.39, 0.29) is 19.0 Å². The minimum Gasteiger partial charge on any atom is -0.461 e. The number of ether oxygens (including phenoxy) is 1. The molecule has 0 saturated carbocycles. The van der Waals surface area contributed by atoms with Gasteiger partial charge in [-0.1, -0.05) is 15.9 Å². The summed E-state index contributed by atoms with van der Waals surface area (Å²) in [4.78, 5) is 31.5. The standard InChI is InChI=1S/C17H14BrN3O4/c18-12-2-3-13-11(8-16(23)25-14(13)9-12)10-24-15(22)4-7-21-17-19-5-1-6-20-17/h1-3,5-6,8-9H,4,7,10H2,(H,19,20,21). The van der Waals surface area contributed by atoms with Crippen LogP contribution >= 0.6 is 15.9 Å². The molecule has 0 aliphatic carbocycles. The van der Waals surface area contributed by atoms with Crippen molar-refractivity contribution in [2.24, 2.45) is 0 Å². The predicted molar refractivity (Wildman–Crippen MR) is 95.1 cm³/mol. The number of carbonyl (C=O) groups is 1. The Labute approximate surface area is 151 Å². The number of nitrogens with zero attached hydrogens (tertiary/aromatic N) is 2. The first kappa shape index (κ1) is 17.1. The van der Waals surface area contributed by atoms with Crippen molar-refractivity contribution >= 4 is 38.8 Å². The molecule has 7 nitrogen and oxygen atoms in total. The molecule has 0 atom stereocenters. The first-order valence-electron chi connectivity index (χ1n) is 7.50. The van der Waals surface area contributed by atoms with Crippen LogP contribution in [0.25, 0.3) is 11.0 Å². The highest BCUT2D eigenvalue weighted by Crippen LogP contribution is 2.22. The predicted octanol–water partition coefficient (Wildman–Crippen LogP) is 2.89. The molecule has 0 unspecified atom stereocenters. The summed E-state index contributed by atoms with van der Waals surface area (Å²) in [5.41, 5.74) is 0.557. The second-order valence-corrected chi connectivity index (χ2v) is 6.06. The van der Waals surface area contributed by atoms with Crippen molar-refractivity contribution in [2.75, 3.05) is 11.9 Å². The van der Waals surface area contributed by atoms with Crippen LogP contribution in [0.2, 0.25) is 0 Å². The highest BCUT2D eigenvalue weighted by molar-refractivity contribution is 9.10. The fraction of sp³-hybridized carbons (Fsp3) is 0.176. The van der Waals surface area contributed by atoms with Gasteiger partial charge in [-0.25, -0.2) is 14.8 Å². The van der Waals surface area contributed by atoms with Crippen LogP contribution in [-0.4, -0.2) is 22.5 Å². The fourth-order valence-corrected chi connectivity index (χ4v) is 2.56. The van der Waals surface area contributed by atoms with Gasteiger partial charge in [0.2, 0.25) is 5.95 Å². The summed E-state index contributed by atoms with van der Waals surface area (Å²) in [6, 6.07) is 8.38. The van der Waals surface area contributed by atoms with Gasteiger partial charge in [0, 0.05) is 40.4 Å². The Kier molecular flexibility index (Phi) is 5.39. The Hall–Kier alpha value is -2.74. The first-order valence-corrected chi connectivity index (χ1v) is 8.30. The zero-order valence-corrected chi connectivity index (χ0v) is 14.7. The van der Waals surface area contributed by atoms with Crippen LogP contribution in [0.15, 0.2) is 56.4 Å². The zero-order valence-electron chi connectivity index (χ0n) is 13.1. The van der Waals surface area contributed by atoms with Gasteiger partial charge in [0.25, 0.3) is 0 Å². The third-order valence-corrected chi connectivity index (χ3v) is 3.85. The number of aromatic nitrogens is 2. The third-order valence-electron chi connectivity index (χ3n) is 3.36. The molecule has 2 aromatic heterocycles. The van der Waals surface area contributed by atoms with E-state index in [1.165, 1.54) is 6.07 Å². The van der Waals surface area contributed by atoms with Crippen LogP contribution in [0.3, 0.4) is 0 Å². The van der Waals surface area contributed by atoms with Gasteiger partial charge in [-0.3, -0.25) is 4.79 Å². The van der Waals surface area contributed by atoms with Gasteiger partial charge in [0.15, 0.2) is 0 Å². The normalized spacial score (nSPS) is 10.6. The smallest absolute Gasteiger partial charge is 0.336 e. The topological polar surface area (TPSA) is 94.3 Å². The maximum Gasteiger partial charge on any atom is 0.336 e. The van der Waals surface area contributed by atoms with Crippen LogP contribution in [0.1, 0.15) is 12.0 Å². The average Bonchev–Trinajstić information content (AvgIpc) is 2.60. The average molecular weight is 404 g/mol. The van der Waals surface area contributed by atoms with Crippen LogP contribution in [0, 0.1) is 0 Å². The molecule has 2 heterocycles. The van der Waals surface area contributed by atoms with E-state index in [2.05, 4.69) is 31.2 Å². The van der Waals surface area contributed by atoms with Gasteiger partial charge in [0.1, 0.15) is 12.2 Å². The number of halogens is 1. The van der Waals surface area contributed by atoms with Crippen molar-refractivity contribution in [3.63, 3.8) is 0 Å². The minimum atomic E-state index is -0.487. The van der Waals surface area contributed by atoms with Crippen molar-refractivity contribution in [2.45, 2.75) is 13.0 Å². The maximum absolute atomic E-state index is 11.9. The molecule has 3 aromatic rings. The Morgan fingerprint density at radius 1 is 1.24 bits per heavy atom. The van der Waals surface area contributed by atoms with Crippen LogP contribution in [0.5, 0.6) is 0 Å². The second kappa shape index (κ2) is 7.89. The molecule has 0 fully saturated rings. The highest BCUT2D eigenvalue weighted by Gasteiger charge is 2.09. The number of hydrogen-bond acceptors (Lipinski definition) is 7. The Balaban J connectivity index is 1.59. The molecule has 0 bridgehead atoms. The first-order chi connectivity index (χ1) is 12.1. The molecule has 0 amide bonds. The van der Waals surface area contributed by atoms with Crippen molar-refractivity contribution in [3.05, 3.63) is 63.2 Å². The lowest BCUT2D eigenvalue weighted by Gasteiger charge is -2.08. The quantitative estimate of drug-likeness (QED) is 0.499. The number of hydrogen-bond donors (Lipinski definition) is 1. The van der Waals surface area contributed by atoms with Crippen LogP contribution in [-0.2, 0) is 16.1 Å². The molecule has 0 radical (unpaired) electrons. The minimum absolute atomic E-state index is 0.00437. The number of benzene rings is 1. The Morgan fingerprint density at radius 2 is 2.04 bits per heavy atom. The van der Waals surface area contributed by atoms with Gasteiger partial charge < -0.3 is 14.5 Å². The second-order valence-electron chi connectivity index (χ2n) is 5.14. The summed E-state index contributed by atoms with van der Waals surface area (Å²) in [6.45, 7) is 0.359. The van der Waals surface area contributed by atoms with Crippen LogP contribution in [0.4, 0.5) is 5.95 Å². The molecule has 3 rings (SSSR count). The van der Waals surface area contributed by atoms with E-state index in [1.807, 2.05) is 6.07 Å². The number of rotatable bonds is 6. The molecule has 25 heavy (non-hydrogen) atoms. The summed E-state index contributed by atoms with van der Waals surface area (Å²) < 4.78 is 11.2. The van der Waals surface area contributed by atoms with E-state index in [9.17, 15) is 9.59 Å². The summed E-state index contributed by atoms with van der Waals surface area (Å²) in [5.74, 6) is 0.0643. The largest absolute Gasteiger partial charge is 0.461 e. The Morgan fingerprint density at radius 3 is 2.84 bits per heavy atom. The molecular weight excluding hydrogens is 390 g/mol. The highest BCUT2D eigenvalue weighted by atomic mass is 79.9. The van der Waals surface area contributed by atoms with E-state index in [0.717, 1.165) is 9.86 Å². The molecule has 0 aliphatic rings. The summed E-state index contributed by atoms with van der Waals surface area (Å²) >= 11 is 3.33. The monoisotopic (exact) mass is 403 g/mol. The van der Waals surface area contributed by atoms with E-state index in [4.69, 9.17) is 9.15 Å². The Bertz CT molecular complexity index is 944. The van der Waals surface area contributed by atoms with Gasteiger partial charge >= 0.3 is 11.6 Å². The van der Waals surface area contributed by atoms with E-state index in [1.54, 1.807) is 30.6 Å². The molecule has 0 saturated heterocycles. The van der Waals surface area contributed by atoms with E-state index in [0.29, 0.717) is 23.6 Å². The number of fused-ring (bicyclic) bond motifs is 1. The molecular formula is C17H14BrN3O4. The van der Waals surface area contributed by atoms with Crippen LogP contribution < -0.4 is 10.9 Å². The third kappa shape index (κ3) is 4.63. The van der Waals surface area contributed by atoms with Crippen molar-refractivity contribution < 1.29 is 13.9 Å². The number of nitrogens with one attached hydrogen (secondary N) is 1. The lowest BCUT2D eigenvalue weighted by atomic mass is 10.1. The summed E-state index contributed by atoms with van der Waals surface area (Å²) in [7, 11) is 0. The fourth-order valence-electron chi connectivity index (χ4n) is 2.22. The van der Waals surface area contributed by atoms with E-state index >= 15 is 0 Å². The van der Waals surface area contributed by atoms with Gasteiger partial charge in [-0.15, -0.1) is 0 Å². The van der Waals surface area contributed by atoms with Gasteiger partial charge in [-0.05, 0) is 24.3 Å². The molecule has 128 valence electrons. The zero-order chi connectivity index (χ0) is 17.6. The van der Waals surface area contributed by atoms with Crippen molar-refractivity contribution in [3.8, 4) is 0 Å². The molecule has 0 aliphatic heterocycles. The maximum atomic E-state index is 11.9. The summed E-state index contributed by atoms with van der Waals surface area (Å²) in [5, 5.41) is 3.65. The number of anilines is 1. The van der Waals surface area contributed by atoms with Crippen molar-refractivity contribution in [1.29, 1.82) is 0 Å².